The highest BCUT2D eigenvalue weighted by molar-refractivity contribution is 7.89. The molecule has 6 nitrogen and oxygen atoms in total. The first-order valence-corrected chi connectivity index (χ1v) is 7.83. The summed E-state index contributed by atoms with van der Waals surface area (Å²) in [6, 6.07) is 5.00. The topological polar surface area (TPSA) is 89.3 Å². The Balaban J connectivity index is 2.31. The first-order valence-electron chi connectivity index (χ1n) is 6.35. The van der Waals surface area contributed by atoms with Crippen LogP contribution >= 0.6 is 0 Å². The lowest BCUT2D eigenvalue weighted by Crippen LogP contribution is -2.37. The van der Waals surface area contributed by atoms with Gasteiger partial charge in [-0.2, -0.15) is 0 Å². The molecule has 1 aromatic carbocycles. The predicted molar refractivity (Wildman–Crippen MR) is 74.8 cm³/mol. The standard InChI is InChI=1S/C13H16N2O4S/c1-10-6-2-3-7-11(10)14-20(18,19)13-9-5-4-8-12(13)15(16)17/h4-5,8-9,11,14H,1-3,6-7H2. The number of sulfonamides is 1. The number of para-hydroxylation sites is 1. The molecular formula is C13H16N2O4S. The van der Waals surface area contributed by atoms with Crippen LogP contribution in [-0.2, 0) is 10.0 Å². The van der Waals surface area contributed by atoms with Crippen molar-refractivity contribution < 1.29 is 13.3 Å². The first-order chi connectivity index (χ1) is 9.42. The zero-order chi connectivity index (χ0) is 14.8. The molecule has 1 atom stereocenters. The molecule has 7 heteroatoms. The molecule has 0 aliphatic heterocycles. The zero-order valence-corrected chi connectivity index (χ0v) is 11.7. The van der Waals surface area contributed by atoms with Crippen molar-refractivity contribution in [1.29, 1.82) is 0 Å². The maximum atomic E-state index is 12.3. The fraction of sp³-hybridized carbons (Fsp3) is 0.385. The lowest BCUT2D eigenvalue weighted by molar-refractivity contribution is -0.387. The molecular weight excluding hydrogens is 280 g/mol. The van der Waals surface area contributed by atoms with E-state index >= 15 is 0 Å². The van der Waals surface area contributed by atoms with Crippen LogP contribution in [0.5, 0.6) is 0 Å². The van der Waals surface area contributed by atoms with Crippen LogP contribution in [0.1, 0.15) is 25.7 Å². The summed E-state index contributed by atoms with van der Waals surface area (Å²) in [5, 5.41) is 10.9. The predicted octanol–water partition coefficient (Wildman–Crippen LogP) is 2.37. The Labute approximate surface area is 117 Å². The molecule has 0 bridgehead atoms. The van der Waals surface area contributed by atoms with E-state index in [0.29, 0.717) is 6.42 Å². The Hall–Kier alpha value is -1.73. The summed E-state index contributed by atoms with van der Waals surface area (Å²) in [7, 11) is -3.92. The molecule has 1 N–H and O–H groups in total. The number of nitrogens with one attached hydrogen (secondary N) is 1. The second-order valence-corrected chi connectivity index (χ2v) is 6.49. The molecule has 1 unspecified atom stereocenters. The SMILES string of the molecule is C=C1CCCCC1NS(=O)(=O)c1ccccc1[N+](=O)[O-]. The summed E-state index contributed by atoms with van der Waals surface area (Å²) in [4.78, 5) is 9.93. The Morgan fingerprint density at radius 3 is 2.65 bits per heavy atom. The van der Waals surface area contributed by atoms with Crippen molar-refractivity contribution in [2.75, 3.05) is 0 Å². The van der Waals surface area contributed by atoms with Gasteiger partial charge in [0.1, 0.15) is 0 Å². The van der Waals surface area contributed by atoms with Crippen molar-refractivity contribution in [2.24, 2.45) is 0 Å². The number of rotatable bonds is 4. The van der Waals surface area contributed by atoms with Crippen molar-refractivity contribution in [1.82, 2.24) is 4.72 Å². The Morgan fingerprint density at radius 2 is 2.00 bits per heavy atom. The van der Waals surface area contributed by atoms with E-state index in [1.807, 2.05) is 0 Å². The van der Waals surface area contributed by atoms with Gasteiger partial charge in [-0.15, -0.1) is 0 Å². The van der Waals surface area contributed by atoms with Gasteiger partial charge in [0.25, 0.3) is 5.69 Å². The van der Waals surface area contributed by atoms with Crippen molar-refractivity contribution in [3.63, 3.8) is 0 Å². The highest BCUT2D eigenvalue weighted by atomic mass is 32.2. The number of hydrogen-bond donors (Lipinski definition) is 1. The number of nitro groups is 1. The first kappa shape index (κ1) is 14.7. The summed E-state index contributed by atoms with van der Waals surface area (Å²) >= 11 is 0. The minimum atomic E-state index is -3.92. The van der Waals surface area contributed by atoms with Gasteiger partial charge in [-0.1, -0.05) is 30.7 Å². The monoisotopic (exact) mass is 296 g/mol. The van der Waals surface area contributed by atoms with Crippen LogP contribution < -0.4 is 4.72 Å². The lowest BCUT2D eigenvalue weighted by Gasteiger charge is -2.25. The normalized spacial score (nSPS) is 19.8. The van der Waals surface area contributed by atoms with Crippen LogP contribution in [0, 0.1) is 10.1 Å². The fourth-order valence-electron chi connectivity index (χ4n) is 2.31. The summed E-state index contributed by atoms with van der Waals surface area (Å²) in [6.45, 7) is 3.87. The maximum absolute atomic E-state index is 12.3. The van der Waals surface area contributed by atoms with E-state index in [-0.39, 0.29) is 10.9 Å². The molecule has 0 amide bonds. The second kappa shape index (κ2) is 5.72. The van der Waals surface area contributed by atoms with Crippen molar-refractivity contribution in [3.05, 3.63) is 46.5 Å². The summed E-state index contributed by atoms with van der Waals surface area (Å²) in [6.07, 6.45) is 3.38. The van der Waals surface area contributed by atoms with Gasteiger partial charge in [-0.25, -0.2) is 13.1 Å². The average molecular weight is 296 g/mol. The van der Waals surface area contributed by atoms with Crippen LogP contribution in [0.2, 0.25) is 0 Å². The van der Waals surface area contributed by atoms with E-state index in [1.54, 1.807) is 0 Å². The third kappa shape index (κ3) is 3.05. The van der Waals surface area contributed by atoms with Crippen LogP contribution in [0.15, 0.2) is 41.3 Å². The quantitative estimate of drug-likeness (QED) is 0.525. The van der Waals surface area contributed by atoms with E-state index in [4.69, 9.17) is 0 Å². The van der Waals surface area contributed by atoms with Gasteiger partial charge in [-0.05, 0) is 25.3 Å². The average Bonchev–Trinajstić information content (AvgIpc) is 2.41. The van der Waals surface area contributed by atoms with Gasteiger partial charge in [0.2, 0.25) is 10.0 Å². The summed E-state index contributed by atoms with van der Waals surface area (Å²) in [5.41, 5.74) is 0.417. The van der Waals surface area contributed by atoms with Crippen LogP contribution in [-0.4, -0.2) is 19.4 Å². The molecule has 2 rings (SSSR count). The fourth-order valence-corrected chi connectivity index (χ4v) is 3.77. The molecule has 20 heavy (non-hydrogen) atoms. The number of hydrogen-bond acceptors (Lipinski definition) is 4. The minimum Gasteiger partial charge on any atom is -0.258 e. The summed E-state index contributed by atoms with van der Waals surface area (Å²) in [5.74, 6) is 0. The third-order valence-corrected chi connectivity index (χ3v) is 4.90. The van der Waals surface area contributed by atoms with Crippen molar-refractivity contribution in [3.8, 4) is 0 Å². The molecule has 1 aliphatic carbocycles. The van der Waals surface area contributed by atoms with Crippen LogP contribution in [0.4, 0.5) is 5.69 Å². The molecule has 0 saturated heterocycles. The molecule has 108 valence electrons. The van der Waals surface area contributed by atoms with Crippen molar-refractivity contribution >= 4 is 15.7 Å². The number of nitro benzene ring substituents is 1. The molecule has 0 heterocycles. The van der Waals surface area contributed by atoms with E-state index < -0.39 is 20.6 Å². The third-order valence-electron chi connectivity index (χ3n) is 3.38. The lowest BCUT2D eigenvalue weighted by atomic mass is 9.92. The van der Waals surface area contributed by atoms with Crippen LogP contribution in [0.25, 0.3) is 0 Å². The van der Waals surface area contributed by atoms with E-state index in [2.05, 4.69) is 11.3 Å². The number of benzene rings is 1. The molecule has 1 aliphatic rings. The van der Waals surface area contributed by atoms with Gasteiger partial charge < -0.3 is 0 Å². The van der Waals surface area contributed by atoms with E-state index in [1.165, 1.54) is 24.3 Å². The Morgan fingerprint density at radius 1 is 1.30 bits per heavy atom. The van der Waals surface area contributed by atoms with Crippen molar-refractivity contribution in [2.45, 2.75) is 36.6 Å². The van der Waals surface area contributed by atoms with E-state index in [0.717, 1.165) is 24.8 Å². The smallest absolute Gasteiger partial charge is 0.258 e. The molecule has 0 spiro atoms. The minimum absolute atomic E-state index is 0.302. The highest BCUT2D eigenvalue weighted by Crippen LogP contribution is 2.27. The van der Waals surface area contributed by atoms with Gasteiger partial charge in [0, 0.05) is 12.1 Å². The van der Waals surface area contributed by atoms with Gasteiger partial charge in [0.15, 0.2) is 4.90 Å². The summed E-state index contributed by atoms with van der Waals surface area (Å²) < 4.78 is 27.2. The van der Waals surface area contributed by atoms with E-state index in [9.17, 15) is 18.5 Å². The molecule has 0 radical (unpaired) electrons. The second-order valence-electron chi connectivity index (χ2n) is 4.80. The molecule has 1 aromatic rings. The molecule has 1 saturated carbocycles. The maximum Gasteiger partial charge on any atom is 0.289 e. The highest BCUT2D eigenvalue weighted by Gasteiger charge is 2.29. The zero-order valence-electron chi connectivity index (χ0n) is 10.9. The Kier molecular flexibility index (Phi) is 4.20. The van der Waals surface area contributed by atoms with Gasteiger partial charge >= 0.3 is 0 Å². The molecule has 0 aromatic heterocycles. The molecule has 1 fully saturated rings. The van der Waals surface area contributed by atoms with Gasteiger partial charge in [0.05, 0.1) is 4.92 Å². The Bertz CT molecular complexity index is 640. The number of nitrogens with zero attached hydrogens (tertiary/aromatic N) is 1. The largest absolute Gasteiger partial charge is 0.289 e. The van der Waals surface area contributed by atoms with Crippen LogP contribution in [0.3, 0.4) is 0 Å². The van der Waals surface area contributed by atoms with Gasteiger partial charge in [-0.3, -0.25) is 10.1 Å².